The molecule has 37 heavy (non-hydrogen) atoms. The number of amides is 3. The molecule has 10 heteroatoms. The molecule has 2 saturated heterocycles. The van der Waals surface area contributed by atoms with Crippen molar-refractivity contribution in [2.75, 3.05) is 26.3 Å². The highest BCUT2D eigenvalue weighted by Gasteiger charge is 2.42. The minimum Gasteiger partial charge on any atom is -0.379 e. The van der Waals surface area contributed by atoms with Crippen LogP contribution in [-0.2, 0) is 32.6 Å². The van der Waals surface area contributed by atoms with Gasteiger partial charge >= 0.3 is 0 Å². The van der Waals surface area contributed by atoms with Gasteiger partial charge in [-0.1, -0.05) is 24.1 Å². The van der Waals surface area contributed by atoms with Gasteiger partial charge in [0.2, 0.25) is 17.7 Å². The first-order valence-corrected chi connectivity index (χ1v) is 13.6. The lowest BCUT2D eigenvalue weighted by molar-refractivity contribution is -0.142. The fourth-order valence-corrected chi connectivity index (χ4v) is 5.69. The smallest absolute Gasteiger partial charge is 0.242 e. The number of fused-ring (bicyclic) bond motifs is 1. The number of aromatic nitrogens is 2. The highest BCUT2D eigenvalue weighted by molar-refractivity contribution is 6.35. The number of benzene rings is 1. The number of imidazole rings is 1. The van der Waals surface area contributed by atoms with E-state index in [2.05, 4.69) is 15.6 Å². The summed E-state index contributed by atoms with van der Waals surface area (Å²) in [6, 6.07) is 4.89. The van der Waals surface area contributed by atoms with E-state index in [4.69, 9.17) is 16.3 Å². The molecule has 0 saturated carbocycles. The monoisotopic (exact) mass is 531 g/mol. The molecule has 2 aromatic rings. The number of aryl methyl sites for hydroxylation is 2. The number of nitrogens with one attached hydrogen (secondary N) is 2. The molecular formula is C27H38ClN5O4. The molecule has 3 heterocycles. The normalized spacial score (nSPS) is 23.6. The second-order valence-corrected chi connectivity index (χ2v) is 10.9. The molecule has 1 aromatic heterocycles. The molecule has 2 aliphatic rings. The van der Waals surface area contributed by atoms with Crippen LogP contribution in [0.4, 0.5) is 0 Å². The Kier molecular flexibility index (Phi) is 8.75. The molecule has 4 rings (SSSR count). The lowest BCUT2D eigenvalue weighted by Crippen LogP contribution is -2.55. The first-order valence-electron chi connectivity index (χ1n) is 13.3. The third-order valence-corrected chi connectivity index (χ3v) is 8.05. The Balaban J connectivity index is 1.37. The fourth-order valence-electron chi connectivity index (χ4n) is 5.40. The maximum Gasteiger partial charge on any atom is 0.242 e. The number of carbonyl (C=O) groups excluding carboxylic acids is 3. The third-order valence-electron chi connectivity index (χ3n) is 7.75. The molecule has 0 bridgehead atoms. The minimum atomic E-state index is -0.631. The molecule has 0 radical (unpaired) electrons. The summed E-state index contributed by atoms with van der Waals surface area (Å²) in [6.07, 6.45) is 4.47. The molecule has 2 aliphatic heterocycles. The molecule has 2 N–H and O–H groups in total. The van der Waals surface area contributed by atoms with Gasteiger partial charge in [-0.15, -0.1) is 0 Å². The summed E-state index contributed by atoms with van der Waals surface area (Å²) in [6.45, 7) is 5.71. The van der Waals surface area contributed by atoms with Crippen LogP contribution in [0.15, 0.2) is 18.2 Å². The zero-order valence-corrected chi connectivity index (χ0v) is 22.8. The van der Waals surface area contributed by atoms with Crippen molar-refractivity contribution in [3.8, 4) is 0 Å². The number of rotatable bonds is 3. The number of likely N-dealkylation sites (tertiary alicyclic amines) is 1. The van der Waals surface area contributed by atoms with E-state index in [-0.39, 0.29) is 23.8 Å². The van der Waals surface area contributed by atoms with E-state index in [1.165, 1.54) is 0 Å². The summed E-state index contributed by atoms with van der Waals surface area (Å²) in [7, 11) is 1.92. The van der Waals surface area contributed by atoms with Crippen molar-refractivity contribution in [1.82, 2.24) is 25.1 Å². The van der Waals surface area contributed by atoms with Crippen LogP contribution in [0, 0.1) is 5.41 Å². The molecule has 2 atom stereocenters. The van der Waals surface area contributed by atoms with Gasteiger partial charge in [0.05, 0.1) is 28.1 Å². The number of hydrogen-bond acceptors (Lipinski definition) is 5. The van der Waals surface area contributed by atoms with Crippen molar-refractivity contribution in [2.24, 2.45) is 12.5 Å². The maximum atomic E-state index is 13.4. The van der Waals surface area contributed by atoms with E-state index >= 15 is 0 Å². The third kappa shape index (κ3) is 6.26. The zero-order valence-electron chi connectivity index (χ0n) is 22.0. The average Bonchev–Trinajstić information content (AvgIpc) is 3.20. The summed E-state index contributed by atoms with van der Waals surface area (Å²) >= 11 is 6.33. The summed E-state index contributed by atoms with van der Waals surface area (Å²) in [4.78, 5) is 45.5. The van der Waals surface area contributed by atoms with Crippen LogP contribution in [-0.4, -0.2) is 70.6 Å². The van der Waals surface area contributed by atoms with Crippen LogP contribution in [0.5, 0.6) is 0 Å². The summed E-state index contributed by atoms with van der Waals surface area (Å²) in [5, 5.41) is 6.49. The topological polar surface area (TPSA) is 106 Å². The minimum absolute atomic E-state index is 0.0631. The predicted molar refractivity (Wildman–Crippen MR) is 142 cm³/mol. The van der Waals surface area contributed by atoms with Gasteiger partial charge in [0.15, 0.2) is 0 Å². The molecule has 9 nitrogen and oxygen atoms in total. The quantitative estimate of drug-likeness (QED) is 0.633. The van der Waals surface area contributed by atoms with Gasteiger partial charge in [0.25, 0.3) is 0 Å². The molecule has 1 spiro atoms. The van der Waals surface area contributed by atoms with Crippen molar-refractivity contribution in [3.05, 3.63) is 29.0 Å². The van der Waals surface area contributed by atoms with Crippen molar-refractivity contribution in [3.63, 3.8) is 0 Å². The molecule has 2 fully saturated rings. The van der Waals surface area contributed by atoms with Gasteiger partial charge in [-0.05, 0) is 51.7 Å². The number of ether oxygens (including phenoxy) is 1. The van der Waals surface area contributed by atoms with Crippen molar-refractivity contribution >= 4 is 40.4 Å². The summed E-state index contributed by atoms with van der Waals surface area (Å²) < 4.78 is 7.66. The number of nitrogens with zero attached hydrogens (tertiary/aromatic N) is 3. The predicted octanol–water partition coefficient (Wildman–Crippen LogP) is 2.98. The number of para-hydroxylation sites is 1. The number of halogens is 1. The van der Waals surface area contributed by atoms with Gasteiger partial charge in [-0.2, -0.15) is 0 Å². The Morgan fingerprint density at radius 2 is 1.92 bits per heavy atom. The van der Waals surface area contributed by atoms with Crippen LogP contribution >= 0.6 is 11.6 Å². The Morgan fingerprint density at radius 3 is 2.65 bits per heavy atom. The van der Waals surface area contributed by atoms with E-state index in [1.807, 2.05) is 41.6 Å². The van der Waals surface area contributed by atoms with E-state index in [0.717, 1.165) is 29.7 Å². The number of carbonyl (C=O) groups is 3. The Hall–Kier alpha value is -2.65. The lowest BCUT2D eigenvalue weighted by atomic mass is 9.73. The van der Waals surface area contributed by atoms with Gasteiger partial charge in [0, 0.05) is 45.6 Å². The van der Waals surface area contributed by atoms with Crippen molar-refractivity contribution < 1.29 is 19.1 Å². The van der Waals surface area contributed by atoms with E-state index in [0.29, 0.717) is 63.4 Å². The largest absolute Gasteiger partial charge is 0.379 e. The second kappa shape index (κ2) is 11.8. The van der Waals surface area contributed by atoms with Gasteiger partial charge in [0.1, 0.15) is 11.9 Å². The van der Waals surface area contributed by atoms with Gasteiger partial charge in [-0.3, -0.25) is 14.4 Å². The summed E-state index contributed by atoms with van der Waals surface area (Å²) in [5.41, 5.74) is 1.11. The van der Waals surface area contributed by atoms with Gasteiger partial charge in [-0.25, -0.2) is 4.98 Å². The first kappa shape index (κ1) is 27.4. The molecular weight excluding hydrogens is 494 g/mol. The highest BCUT2D eigenvalue weighted by Crippen LogP contribution is 2.37. The first-order chi connectivity index (χ1) is 17.7. The lowest BCUT2D eigenvalue weighted by Gasteiger charge is -2.41. The van der Waals surface area contributed by atoms with Crippen LogP contribution in [0.3, 0.4) is 0 Å². The second-order valence-electron chi connectivity index (χ2n) is 10.5. The maximum absolute atomic E-state index is 13.4. The Labute approximate surface area is 223 Å². The molecule has 0 aliphatic carbocycles. The molecule has 202 valence electrons. The van der Waals surface area contributed by atoms with E-state index in [1.54, 1.807) is 6.92 Å². The Morgan fingerprint density at radius 1 is 1.16 bits per heavy atom. The van der Waals surface area contributed by atoms with Crippen LogP contribution < -0.4 is 10.6 Å². The average molecular weight is 532 g/mol. The van der Waals surface area contributed by atoms with E-state index < -0.39 is 11.5 Å². The Bertz CT molecular complexity index is 1140. The van der Waals surface area contributed by atoms with Crippen LogP contribution in [0.2, 0.25) is 5.02 Å². The highest BCUT2D eigenvalue weighted by atomic mass is 35.5. The number of piperidine rings is 1. The van der Waals surface area contributed by atoms with E-state index in [9.17, 15) is 14.4 Å². The van der Waals surface area contributed by atoms with Crippen LogP contribution in [0.25, 0.3) is 11.0 Å². The SMILES string of the molecule is C[C@@H]1NC(=O)C2(CCCCOC[C@H](C)NC1=O)CCN(C(=O)CCc1nc3cccc(Cl)c3n1C)CC2. The fraction of sp³-hybridized carbons (Fsp3) is 0.630. The van der Waals surface area contributed by atoms with Crippen LogP contribution in [0.1, 0.15) is 58.2 Å². The standard InChI is InChI=1S/C27H38ClN5O4/c1-18-17-37-16-5-4-11-27(26(36)30-19(2)25(35)29-18)12-14-33(15-13-27)23(34)10-9-22-31-21-8-6-7-20(28)24(21)32(22)3/h6-8,18-19H,4-5,9-17H2,1-3H3,(H,29,35)(H,30,36)/t18-,19-/m0/s1. The zero-order chi connectivity index (χ0) is 26.6. The molecule has 1 aromatic carbocycles. The molecule has 3 amide bonds. The van der Waals surface area contributed by atoms with Crippen molar-refractivity contribution in [1.29, 1.82) is 0 Å². The van der Waals surface area contributed by atoms with Crippen molar-refractivity contribution in [2.45, 2.75) is 70.9 Å². The summed E-state index contributed by atoms with van der Waals surface area (Å²) in [5.74, 6) is 0.581. The number of hydrogen-bond donors (Lipinski definition) is 2. The van der Waals surface area contributed by atoms with Gasteiger partial charge < -0.3 is 24.8 Å². The molecule has 0 unspecified atom stereocenters.